The fraction of sp³-hybridized carbons (Fsp3) is 0.720. The van der Waals surface area contributed by atoms with Crippen molar-refractivity contribution < 1.29 is 27.8 Å². The number of hydrogen-bond acceptors (Lipinski definition) is 5. The Bertz CT molecular complexity index is 880. The van der Waals surface area contributed by atoms with E-state index in [2.05, 4.69) is 36.1 Å². The van der Waals surface area contributed by atoms with Crippen LogP contribution in [0.25, 0.3) is 0 Å². The second-order valence-corrected chi connectivity index (χ2v) is 10.3. The lowest BCUT2D eigenvalue weighted by Gasteiger charge is -2.63. The monoisotopic (exact) mass is 466 g/mol. The van der Waals surface area contributed by atoms with Gasteiger partial charge in [-0.1, -0.05) is 6.07 Å². The summed E-state index contributed by atoms with van der Waals surface area (Å²) in [5, 5.41) is 7.17. The topological polar surface area (TPSA) is 68.8 Å². The molecule has 1 saturated carbocycles. The molecule has 8 heteroatoms. The third-order valence-corrected chi connectivity index (χ3v) is 8.02. The molecule has 0 radical (unpaired) electrons. The van der Waals surface area contributed by atoms with Gasteiger partial charge in [-0.3, -0.25) is 4.79 Å². The van der Waals surface area contributed by atoms with Crippen molar-refractivity contribution in [3.05, 3.63) is 23.8 Å². The van der Waals surface area contributed by atoms with Crippen LogP contribution >= 0.6 is 0 Å². The highest BCUT2D eigenvalue weighted by Crippen LogP contribution is 2.57. The molecule has 2 aliphatic heterocycles. The first-order chi connectivity index (χ1) is 15.6. The van der Waals surface area contributed by atoms with Gasteiger partial charge in [0.2, 0.25) is 5.91 Å². The molecule has 0 spiro atoms. The van der Waals surface area contributed by atoms with E-state index in [0.717, 1.165) is 24.8 Å². The summed E-state index contributed by atoms with van der Waals surface area (Å²) in [5.41, 5.74) is 0.446. The van der Waals surface area contributed by atoms with E-state index in [9.17, 15) is 13.6 Å². The summed E-state index contributed by atoms with van der Waals surface area (Å²) in [5.74, 6) is 1.02. The zero-order valence-electron chi connectivity index (χ0n) is 20.1. The molecule has 0 unspecified atom stereocenters. The van der Waals surface area contributed by atoms with Gasteiger partial charge in [0.15, 0.2) is 11.5 Å². The van der Waals surface area contributed by atoms with Crippen LogP contribution in [0.3, 0.4) is 0 Å². The second kappa shape index (κ2) is 9.02. The van der Waals surface area contributed by atoms with E-state index in [0.29, 0.717) is 19.1 Å². The molecule has 184 valence electrons. The van der Waals surface area contributed by atoms with E-state index < -0.39 is 12.2 Å². The Labute approximate surface area is 194 Å². The predicted octanol–water partition coefficient (Wildman–Crippen LogP) is 4.44. The second-order valence-electron chi connectivity index (χ2n) is 10.3. The maximum atomic E-state index is 12.9. The molecule has 1 aliphatic carbocycles. The number of ether oxygens (including phenoxy) is 3. The van der Waals surface area contributed by atoms with Gasteiger partial charge < -0.3 is 24.8 Å². The van der Waals surface area contributed by atoms with Gasteiger partial charge in [-0.2, -0.15) is 8.78 Å². The van der Waals surface area contributed by atoms with Crippen LogP contribution in [-0.4, -0.2) is 42.9 Å². The van der Waals surface area contributed by atoms with E-state index in [1.54, 1.807) is 26.0 Å². The van der Waals surface area contributed by atoms with Crippen LogP contribution in [-0.2, 0) is 9.53 Å². The molecule has 6 atom stereocenters. The Kier molecular flexibility index (Phi) is 6.62. The number of nitrogens with one attached hydrogen (secondary N) is 2. The molecule has 2 N–H and O–H groups in total. The van der Waals surface area contributed by atoms with E-state index >= 15 is 0 Å². The van der Waals surface area contributed by atoms with E-state index in [4.69, 9.17) is 9.47 Å². The zero-order valence-corrected chi connectivity index (χ0v) is 20.1. The van der Waals surface area contributed by atoms with Gasteiger partial charge in [0.1, 0.15) is 0 Å². The fourth-order valence-electron chi connectivity index (χ4n) is 6.75. The van der Waals surface area contributed by atoms with Crippen LogP contribution in [0.1, 0.15) is 65.5 Å². The Morgan fingerprint density at radius 2 is 2.00 bits per heavy atom. The number of benzene rings is 1. The van der Waals surface area contributed by atoms with Gasteiger partial charge in [-0.25, -0.2) is 0 Å². The van der Waals surface area contributed by atoms with Crippen molar-refractivity contribution in [3.8, 4) is 11.5 Å². The third kappa shape index (κ3) is 4.44. The summed E-state index contributed by atoms with van der Waals surface area (Å²) in [4.78, 5) is 12.4. The summed E-state index contributed by atoms with van der Waals surface area (Å²) in [6.07, 6.45) is 2.42. The standard InChI is InChI=1S/C25H36F2N2O4/c1-6-31-21-11-16(7-8-20(21)33-23(26)27)22-19-13-17-12-18(14(2)28-24(17,4)5)25(19,9-10-32-22)29-15(3)30/h7-8,11,14,17-19,22-23,28H,6,9-10,12-13H2,1-5H3,(H,29,30)/t14-,17+,18+,19+,22+,25+/m1/s1. The number of amides is 1. The molecule has 1 aromatic carbocycles. The molecular weight excluding hydrogens is 430 g/mol. The number of halogens is 2. The first kappa shape index (κ1) is 24.2. The minimum atomic E-state index is -2.93. The van der Waals surface area contributed by atoms with Crippen LogP contribution in [0.5, 0.6) is 11.5 Å². The molecule has 2 bridgehead atoms. The summed E-state index contributed by atoms with van der Waals surface area (Å²) >= 11 is 0. The molecule has 6 nitrogen and oxygen atoms in total. The molecular formula is C25H36F2N2O4. The lowest BCUT2D eigenvalue weighted by Crippen LogP contribution is -2.73. The van der Waals surface area contributed by atoms with Crippen LogP contribution in [0.15, 0.2) is 18.2 Å². The van der Waals surface area contributed by atoms with E-state index in [1.807, 2.05) is 0 Å². The van der Waals surface area contributed by atoms with Gasteiger partial charge in [-0.15, -0.1) is 0 Å². The molecule has 0 aromatic heterocycles. The smallest absolute Gasteiger partial charge is 0.387 e. The largest absolute Gasteiger partial charge is 0.490 e. The van der Waals surface area contributed by atoms with Crippen LogP contribution < -0.4 is 20.1 Å². The van der Waals surface area contributed by atoms with Gasteiger partial charge >= 0.3 is 6.61 Å². The van der Waals surface area contributed by atoms with Gasteiger partial charge in [0.05, 0.1) is 18.2 Å². The van der Waals surface area contributed by atoms with Crippen molar-refractivity contribution >= 4 is 5.91 Å². The first-order valence-electron chi connectivity index (χ1n) is 12.0. The maximum absolute atomic E-state index is 12.9. The minimum Gasteiger partial charge on any atom is -0.490 e. The van der Waals surface area contributed by atoms with Crippen molar-refractivity contribution in [2.24, 2.45) is 17.8 Å². The number of hydrogen-bond donors (Lipinski definition) is 2. The zero-order chi connectivity index (χ0) is 24.0. The highest BCUT2D eigenvalue weighted by atomic mass is 19.3. The molecule has 33 heavy (non-hydrogen) atoms. The van der Waals surface area contributed by atoms with Gasteiger partial charge in [0, 0.05) is 31.0 Å². The number of piperidine rings is 1. The Balaban J connectivity index is 1.75. The highest BCUT2D eigenvalue weighted by Gasteiger charge is 2.61. The summed E-state index contributed by atoms with van der Waals surface area (Å²) in [7, 11) is 0. The summed E-state index contributed by atoms with van der Waals surface area (Å²) < 4.78 is 42.4. The number of carbonyl (C=O) groups is 1. The van der Waals surface area contributed by atoms with Crippen molar-refractivity contribution in [1.82, 2.24) is 10.6 Å². The molecule has 1 aromatic rings. The van der Waals surface area contributed by atoms with Crippen LogP contribution in [0, 0.1) is 17.8 Å². The number of carbonyl (C=O) groups excluding carboxylic acids is 1. The summed E-state index contributed by atoms with van der Waals surface area (Å²) in [6, 6.07) is 5.31. The van der Waals surface area contributed by atoms with Crippen molar-refractivity contribution in [1.29, 1.82) is 0 Å². The Morgan fingerprint density at radius 1 is 1.27 bits per heavy atom. The van der Waals surface area contributed by atoms with Crippen molar-refractivity contribution in [2.45, 2.75) is 83.7 Å². The average molecular weight is 467 g/mol. The van der Waals surface area contributed by atoms with E-state index in [1.165, 1.54) is 6.07 Å². The van der Waals surface area contributed by atoms with Crippen molar-refractivity contribution in [3.63, 3.8) is 0 Å². The fourth-order valence-corrected chi connectivity index (χ4v) is 6.75. The molecule has 1 amide bonds. The van der Waals surface area contributed by atoms with E-state index in [-0.39, 0.29) is 46.9 Å². The first-order valence-corrected chi connectivity index (χ1v) is 12.0. The molecule has 2 saturated heterocycles. The van der Waals surface area contributed by atoms with Crippen LogP contribution in [0.4, 0.5) is 8.78 Å². The van der Waals surface area contributed by atoms with Crippen LogP contribution in [0.2, 0.25) is 0 Å². The normalized spacial score (nSPS) is 35.0. The highest BCUT2D eigenvalue weighted by molar-refractivity contribution is 5.74. The number of rotatable bonds is 6. The minimum absolute atomic E-state index is 0.0130. The average Bonchev–Trinajstić information content (AvgIpc) is 2.72. The molecule has 3 aliphatic rings. The Morgan fingerprint density at radius 3 is 2.67 bits per heavy atom. The SMILES string of the molecule is CCOc1cc([C@@H]2OCC[C@]3(NC(C)=O)[C@H]4C[C@@H](C[C@@H]23)C(C)(C)N[C@@H]4C)ccc1OC(F)F. The maximum Gasteiger partial charge on any atom is 0.387 e. The quantitative estimate of drug-likeness (QED) is 0.649. The Hall–Kier alpha value is -1.93. The molecule has 3 fully saturated rings. The summed E-state index contributed by atoms with van der Waals surface area (Å²) in [6.45, 7) is 8.00. The number of fused-ring (bicyclic) bond motifs is 4. The lowest BCUT2D eigenvalue weighted by atomic mass is 9.52. The third-order valence-electron chi connectivity index (χ3n) is 8.02. The lowest BCUT2D eigenvalue weighted by molar-refractivity contribution is -0.160. The molecule has 2 heterocycles. The van der Waals surface area contributed by atoms with Gasteiger partial charge in [0.25, 0.3) is 0 Å². The molecule has 4 rings (SSSR count). The van der Waals surface area contributed by atoms with Gasteiger partial charge in [-0.05, 0) is 76.5 Å². The number of alkyl halides is 2. The predicted molar refractivity (Wildman–Crippen MR) is 120 cm³/mol. The van der Waals surface area contributed by atoms with Crippen molar-refractivity contribution in [2.75, 3.05) is 13.2 Å².